The number of nitrogens with zero attached hydrogens (tertiary/aromatic N) is 4. The summed E-state index contributed by atoms with van der Waals surface area (Å²) in [6, 6.07) is 20.7. The number of H-pyrrole nitrogens is 1. The first kappa shape index (κ1) is 42.8. The summed E-state index contributed by atoms with van der Waals surface area (Å²) in [5.74, 6) is -0.134. The van der Waals surface area contributed by atoms with Crippen LogP contribution in [0.3, 0.4) is 0 Å². The van der Waals surface area contributed by atoms with Crippen molar-refractivity contribution in [2.45, 2.75) is 62.7 Å². The lowest BCUT2D eigenvalue weighted by atomic mass is 9.77. The number of anilines is 2. The number of aromatic amines is 1. The van der Waals surface area contributed by atoms with Gasteiger partial charge in [-0.1, -0.05) is 29.3 Å². The van der Waals surface area contributed by atoms with Crippen LogP contribution >= 0.6 is 11.6 Å². The Morgan fingerprint density at radius 2 is 1.76 bits per heavy atom. The fraction of sp³-hybridized carbons (Fsp3) is 0.404. The van der Waals surface area contributed by atoms with Crippen LogP contribution in [0.15, 0.2) is 95.7 Å². The number of halogens is 1. The summed E-state index contributed by atoms with van der Waals surface area (Å²) in [6.45, 7) is 6.49. The summed E-state index contributed by atoms with van der Waals surface area (Å²) in [4.78, 5) is 37.5. The molecule has 0 radical (unpaired) electrons. The minimum atomic E-state index is -4.55. The maximum absolute atomic E-state index is 14.0. The van der Waals surface area contributed by atoms with Crippen LogP contribution < -0.4 is 19.7 Å². The summed E-state index contributed by atoms with van der Waals surface area (Å²) >= 11 is 6.21. The van der Waals surface area contributed by atoms with E-state index in [1.54, 1.807) is 36.2 Å². The second-order valence-electron chi connectivity index (χ2n) is 17.4. The molecule has 3 aromatic carbocycles. The molecule has 0 unspecified atom stereocenters. The van der Waals surface area contributed by atoms with Crippen LogP contribution in [0.4, 0.5) is 17.1 Å². The monoisotopic (exact) mass is 893 g/mol. The van der Waals surface area contributed by atoms with Crippen molar-refractivity contribution in [1.82, 2.24) is 19.6 Å². The number of carbonyl (C=O) groups is 1. The van der Waals surface area contributed by atoms with Crippen LogP contribution in [-0.2, 0) is 14.8 Å². The molecule has 0 saturated carbocycles. The van der Waals surface area contributed by atoms with Crippen molar-refractivity contribution in [3.63, 3.8) is 0 Å². The second kappa shape index (κ2) is 18.3. The van der Waals surface area contributed by atoms with Gasteiger partial charge in [-0.2, -0.15) is 0 Å². The largest absolute Gasteiger partial charge is 0.455 e. The molecule has 1 spiro atoms. The highest BCUT2D eigenvalue weighted by Gasteiger charge is 2.41. The molecule has 63 heavy (non-hydrogen) atoms. The number of amides is 1. The number of allylic oxidation sites excluding steroid dienone is 1. The number of fused-ring (bicyclic) bond motifs is 1. The van der Waals surface area contributed by atoms with Gasteiger partial charge in [-0.05, 0) is 142 Å². The number of benzene rings is 3. The van der Waals surface area contributed by atoms with E-state index in [1.807, 2.05) is 24.3 Å². The van der Waals surface area contributed by atoms with Gasteiger partial charge in [0.05, 0.1) is 21.6 Å². The summed E-state index contributed by atoms with van der Waals surface area (Å²) < 4.78 is 41.3. The van der Waals surface area contributed by atoms with E-state index in [9.17, 15) is 23.3 Å². The van der Waals surface area contributed by atoms with E-state index < -0.39 is 31.4 Å². The number of rotatable bonds is 13. The molecule has 9 rings (SSSR count). The molecule has 3 saturated heterocycles. The van der Waals surface area contributed by atoms with E-state index in [1.165, 1.54) is 36.1 Å². The van der Waals surface area contributed by atoms with Crippen LogP contribution in [0.5, 0.6) is 11.5 Å². The van der Waals surface area contributed by atoms with E-state index in [0.29, 0.717) is 31.2 Å². The third kappa shape index (κ3) is 9.71. The SMILES string of the molecule is O=C(NS(=O)(=O)c1ccc(NCC2CCOCC2)c([N+](=O)[O-])c1)c1ccc(N2CCC3(CCN(CC4=C(c5ccc(Cl)cc5)CCCC4)CC3)C2)cc1Oc1cnc2[nH]ccc2c1. The van der Waals surface area contributed by atoms with Gasteiger partial charge in [0.1, 0.15) is 22.8 Å². The van der Waals surface area contributed by atoms with Crippen LogP contribution in [0.2, 0.25) is 5.02 Å². The molecule has 2 aromatic heterocycles. The summed E-state index contributed by atoms with van der Waals surface area (Å²) in [7, 11) is -4.55. The third-order valence-corrected chi connectivity index (χ3v) is 14.9. The van der Waals surface area contributed by atoms with Crippen molar-refractivity contribution < 1.29 is 27.6 Å². The molecule has 16 heteroatoms. The van der Waals surface area contributed by atoms with Crippen LogP contribution in [-0.4, -0.2) is 86.6 Å². The number of nitrogens with one attached hydrogen (secondary N) is 3. The minimum absolute atomic E-state index is 0.0158. The van der Waals surface area contributed by atoms with Gasteiger partial charge in [-0.15, -0.1) is 0 Å². The zero-order valence-electron chi connectivity index (χ0n) is 35.1. The van der Waals surface area contributed by atoms with E-state index in [-0.39, 0.29) is 28.3 Å². The van der Waals surface area contributed by atoms with E-state index in [0.717, 1.165) is 99.8 Å². The van der Waals surface area contributed by atoms with Crippen molar-refractivity contribution in [2.75, 3.05) is 62.7 Å². The van der Waals surface area contributed by atoms with Gasteiger partial charge < -0.3 is 24.7 Å². The van der Waals surface area contributed by atoms with Crippen molar-refractivity contribution in [3.05, 3.63) is 117 Å². The molecule has 5 heterocycles. The molecule has 4 aliphatic rings. The quantitative estimate of drug-likeness (QED) is 0.0760. The van der Waals surface area contributed by atoms with Crippen molar-refractivity contribution in [2.24, 2.45) is 11.3 Å². The number of hydrogen-bond donors (Lipinski definition) is 3. The van der Waals surface area contributed by atoms with Gasteiger partial charge in [0.25, 0.3) is 21.6 Å². The number of piperidine rings is 1. The zero-order chi connectivity index (χ0) is 43.6. The molecule has 5 aromatic rings. The second-order valence-corrected chi connectivity index (χ2v) is 19.5. The number of likely N-dealkylation sites (tertiary alicyclic amines) is 1. The Morgan fingerprint density at radius 1 is 0.984 bits per heavy atom. The Hall–Kier alpha value is -5.48. The molecule has 3 fully saturated rings. The Labute approximate surface area is 372 Å². The summed E-state index contributed by atoms with van der Waals surface area (Å²) in [6.07, 6.45) is 12.9. The summed E-state index contributed by atoms with van der Waals surface area (Å²) in [5, 5.41) is 16.8. The molecule has 3 N–H and O–H groups in total. The Balaban J connectivity index is 0.910. The van der Waals surface area contributed by atoms with Crippen LogP contribution in [0.25, 0.3) is 16.6 Å². The topological polar surface area (TPSA) is 172 Å². The minimum Gasteiger partial charge on any atom is -0.455 e. The predicted molar refractivity (Wildman–Crippen MR) is 244 cm³/mol. The number of ether oxygens (including phenoxy) is 2. The fourth-order valence-electron chi connectivity index (χ4n) is 9.66. The van der Waals surface area contributed by atoms with Crippen molar-refractivity contribution in [3.8, 4) is 11.5 Å². The smallest absolute Gasteiger partial charge is 0.293 e. The van der Waals surface area contributed by atoms with Gasteiger partial charge in [-0.25, -0.2) is 18.1 Å². The Morgan fingerprint density at radius 3 is 2.56 bits per heavy atom. The maximum Gasteiger partial charge on any atom is 0.293 e. The average molecular weight is 894 g/mol. The van der Waals surface area contributed by atoms with Crippen LogP contribution in [0, 0.1) is 21.4 Å². The number of nitro groups is 1. The molecule has 330 valence electrons. The molecule has 3 aliphatic heterocycles. The van der Waals surface area contributed by atoms with Gasteiger partial charge in [0.2, 0.25) is 0 Å². The number of nitro benzene ring substituents is 1. The van der Waals surface area contributed by atoms with Gasteiger partial charge in [-0.3, -0.25) is 19.8 Å². The maximum atomic E-state index is 14.0. The first-order valence-electron chi connectivity index (χ1n) is 21.9. The lowest BCUT2D eigenvalue weighted by Gasteiger charge is -2.40. The lowest BCUT2D eigenvalue weighted by Crippen LogP contribution is -2.42. The first-order chi connectivity index (χ1) is 30.5. The number of aromatic nitrogens is 2. The molecular weight excluding hydrogens is 842 g/mol. The molecule has 1 amide bonds. The van der Waals surface area contributed by atoms with E-state index in [4.69, 9.17) is 21.1 Å². The molecule has 0 atom stereocenters. The van der Waals surface area contributed by atoms with Gasteiger partial charge in [0, 0.05) is 73.8 Å². The molecular formula is C47H52ClN7O7S. The Kier molecular flexibility index (Phi) is 12.4. The number of carbonyl (C=O) groups excluding carboxylic acids is 1. The zero-order valence-corrected chi connectivity index (χ0v) is 36.7. The summed E-state index contributed by atoms with van der Waals surface area (Å²) in [5.41, 5.74) is 5.79. The number of hydrogen-bond acceptors (Lipinski definition) is 11. The lowest BCUT2D eigenvalue weighted by molar-refractivity contribution is -0.384. The molecule has 1 aliphatic carbocycles. The van der Waals surface area contributed by atoms with Gasteiger partial charge >= 0.3 is 0 Å². The van der Waals surface area contributed by atoms with E-state index >= 15 is 0 Å². The van der Waals surface area contributed by atoms with E-state index in [2.05, 4.69) is 41.9 Å². The number of pyridine rings is 1. The van der Waals surface area contributed by atoms with Crippen LogP contribution in [0.1, 0.15) is 73.7 Å². The number of sulfonamides is 1. The molecule has 14 nitrogen and oxygen atoms in total. The highest BCUT2D eigenvalue weighted by Crippen LogP contribution is 2.44. The average Bonchev–Trinajstić information content (AvgIpc) is 3.94. The van der Waals surface area contributed by atoms with Crippen molar-refractivity contribution in [1.29, 1.82) is 0 Å². The first-order valence-corrected chi connectivity index (χ1v) is 23.7. The third-order valence-electron chi connectivity index (χ3n) is 13.3. The Bertz CT molecular complexity index is 2640. The highest BCUT2D eigenvalue weighted by molar-refractivity contribution is 7.90. The van der Waals surface area contributed by atoms with Crippen molar-refractivity contribution >= 4 is 61.2 Å². The molecule has 0 bridgehead atoms. The van der Waals surface area contributed by atoms with Gasteiger partial charge in [0.15, 0.2) is 0 Å². The normalized spacial score (nSPS) is 18.5. The predicted octanol–water partition coefficient (Wildman–Crippen LogP) is 9.19. The highest BCUT2D eigenvalue weighted by atomic mass is 35.5. The fourth-order valence-corrected chi connectivity index (χ4v) is 10.8. The standard InChI is InChI=1S/C47H52ClN7O7S/c48-36-7-5-33(6-8-36)40-4-2-1-3-35(40)30-53-20-16-47(17-21-53)18-22-54(31-47)37-9-11-41(44(26-37)62-38-25-34-13-19-49-45(34)51-29-38)46(56)52-63(59,60)39-10-12-42(43(27-39)55(57)58)50-28-32-14-23-61-24-15-32/h5-13,19,25-27,29,32,50H,1-4,14-18,20-24,28,30-31H2,(H,49,51)(H,52,56).